The molecule has 3 aromatic rings. The van der Waals surface area contributed by atoms with Gasteiger partial charge in [-0.05, 0) is 42.3 Å². The van der Waals surface area contributed by atoms with Gasteiger partial charge in [-0.1, -0.05) is 23.4 Å². The molecule has 0 radical (unpaired) electrons. The zero-order chi connectivity index (χ0) is 18.4. The molecule has 0 bridgehead atoms. The highest BCUT2D eigenvalue weighted by Crippen LogP contribution is 2.29. The molecule has 2 aromatic carbocycles. The molecule has 8 heteroatoms. The second-order valence-corrected chi connectivity index (χ2v) is 5.56. The van der Waals surface area contributed by atoms with E-state index in [0.717, 1.165) is 5.56 Å². The van der Waals surface area contributed by atoms with Crippen molar-refractivity contribution in [3.05, 3.63) is 59.9 Å². The third-order valence-electron chi connectivity index (χ3n) is 3.94. The molecule has 0 aliphatic rings. The van der Waals surface area contributed by atoms with E-state index in [1.54, 1.807) is 26.4 Å². The highest BCUT2D eigenvalue weighted by molar-refractivity contribution is 5.95. The smallest absolute Gasteiger partial charge is 0.235 e. The van der Waals surface area contributed by atoms with Crippen LogP contribution in [0.25, 0.3) is 0 Å². The van der Waals surface area contributed by atoms with Gasteiger partial charge < -0.3 is 14.8 Å². The number of H-pyrrole nitrogens is 1. The Morgan fingerprint density at radius 3 is 2.62 bits per heavy atom. The highest BCUT2D eigenvalue weighted by Gasteiger charge is 2.27. The van der Waals surface area contributed by atoms with Gasteiger partial charge in [0.2, 0.25) is 5.91 Å². The highest BCUT2D eigenvalue weighted by atomic mass is 16.5. The largest absolute Gasteiger partial charge is 0.497 e. The fraction of sp³-hybridized carbons (Fsp3) is 0.222. The number of carbonyl (C=O) groups is 1. The lowest BCUT2D eigenvalue weighted by molar-refractivity contribution is -0.117. The summed E-state index contributed by atoms with van der Waals surface area (Å²) in [5, 5.41) is 16.8. The summed E-state index contributed by atoms with van der Waals surface area (Å²) >= 11 is 0. The summed E-state index contributed by atoms with van der Waals surface area (Å²) in [5.41, 5.74) is 1.51. The van der Waals surface area contributed by atoms with Crippen molar-refractivity contribution in [2.75, 3.05) is 19.5 Å². The average molecular weight is 353 g/mol. The maximum atomic E-state index is 12.9. The Balaban J connectivity index is 1.89. The number of anilines is 1. The monoisotopic (exact) mass is 353 g/mol. The van der Waals surface area contributed by atoms with Crippen LogP contribution in [0.2, 0.25) is 0 Å². The quantitative estimate of drug-likeness (QED) is 0.675. The predicted molar refractivity (Wildman–Crippen MR) is 95.2 cm³/mol. The van der Waals surface area contributed by atoms with Gasteiger partial charge in [0, 0.05) is 5.69 Å². The molecule has 0 fully saturated rings. The van der Waals surface area contributed by atoms with Gasteiger partial charge in [0.05, 0.1) is 14.2 Å². The van der Waals surface area contributed by atoms with Crippen LogP contribution in [0.5, 0.6) is 11.5 Å². The van der Waals surface area contributed by atoms with Crippen molar-refractivity contribution < 1.29 is 14.3 Å². The summed E-state index contributed by atoms with van der Waals surface area (Å²) in [6.07, 6.45) is 0.332. The standard InChI is InChI=1S/C18H19N5O3/c1-25-14-8-9-16(26-2)12(10-14)11-15(17-20-22-23-21-17)18(24)19-13-6-4-3-5-7-13/h3-10,15H,11H2,1-2H3,(H,19,24)(H,20,21,22,23)/t15-/m0/s1. The normalized spacial score (nSPS) is 11.6. The van der Waals surface area contributed by atoms with Crippen LogP contribution < -0.4 is 14.8 Å². The number of rotatable bonds is 7. The third-order valence-corrected chi connectivity index (χ3v) is 3.94. The van der Waals surface area contributed by atoms with Crippen molar-refractivity contribution >= 4 is 11.6 Å². The minimum absolute atomic E-state index is 0.234. The third kappa shape index (κ3) is 3.97. The van der Waals surface area contributed by atoms with Crippen LogP contribution >= 0.6 is 0 Å². The molecule has 1 atom stereocenters. The molecular formula is C18H19N5O3. The van der Waals surface area contributed by atoms with Gasteiger partial charge in [0.25, 0.3) is 0 Å². The summed E-state index contributed by atoms with van der Waals surface area (Å²) in [5.74, 6) is 0.767. The Hall–Kier alpha value is -3.42. The van der Waals surface area contributed by atoms with E-state index in [1.807, 2.05) is 36.4 Å². The van der Waals surface area contributed by atoms with Crippen molar-refractivity contribution in [3.8, 4) is 11.5 Å². The molecule has 0 aliphatic heterocycles. The minimum atomic E-state index is -0.644. The first kappa shape index (κ1) is 17.4. The molecule has 26 heavy (non-hydrogen) atoms. The lowest BCUT2D eigenvalue weighted by Gasteiger charge is -2.16. The molecular weight excluding hydrogens is 334 g/mol. The molecule has 1 aromatic heterocycles. The number of carbonyl (C=O) groups excluding carboxylic acids is 1. The van der Waals surface area contributed by atoms with Crippen LogP contribution in [0, 0.1) is 0 Å². The number of ether oxygens (including phenoxy) is 2. The molecule has 0 saturated carbocycles. The number of benzene rings is 2. The molecule has 1 amide bonds. The van der Waals surface area contributed by atoms with Crippen LogP contribution in [0.4, 0.5) is 5.69 Å². The minimum Gasteiger partial charge on any atom is -0.497 e. The van der Waals surface area contributed by atoms with Crippen LogP contribution in [-0.4, -0.2) is 40.8 Å². The zero-order valence-corrected chi connectivity index (χ0v) is 14.5. The van der Waals surface area contributed by atoms with Gasteiger partial charge in [-0.25, -0.2) is 0 Å². The van der Waals surface area contributed by atoms with Crippen LogP contribution in [0.3, 0.4) is 0 Å². The van der Waals surface area contributed by atoms with Crippen LogP contribution in [0.1, 0.15) is 17.3 Å². The van der Waals surface area contributed by atoms with E-state index in [2.05, 4.69) is 25.9 Å². The van der Waals surface area contributed by atoms with Crippen molar-refractivity contribution in [1.82, 2.24) is 20.6 Å². The molecule has 0 unspecified atom stereocenters. The van der Waals surface area contributed by atoms with Crippen molar-refractivity contribution in [1.29, 1.82) is 0 Å². The number of hydrogen-bond acceptors (Lipinski definition) is 6. The Kier molecular flexibility index (Phi) is 5.43. The van der Waals surface area contributed by atoms with E-state index in [1.165, 1.54) is 0 Å². The number of amides is 1. The molecule has 3 rings (SSSR count). The van der Waals surface area contributed by atoms with E-state index in [4.69, 9.17) is 9.47 Å². The SMILES string of the molecule is COc1ccc(OC)c(C[C@H](C(=O)Nc2ccccc2)c2nn[nH]n2)c1. The van der Waals surface area contributed by atoms with E-state index < -0.39 is 5.92 Å². The molecule has 1 heterocycles. The number of methoxy groups -OCH3 is 2. The Bertz CT molecular complexity index is 853. The summed E-state index contributed by atoms with van der Waals surface area (Å²) in [6.45, 7) is 0. The van der Waals surface area contributed by atoms with E-state index in [-0.39, 0.29) is 5.91 Å². The maximum absolute atomic E-state index is 12.9. The maximum Gasteiger partial charge on any atom is 0.235 e. The first-order valence-electron chi connectivity index (χ1n) is 8.01. The van der Waals surface area contributed by atoms with E-state index >= 15 is 0 Å². The van der Waals surface area contributed by atoms with E-state index in [0.29, 0.717) is 29.4 Å². The summed E-state index contributed by atoms with van der Waals surface area (Å²) in [6, 6.07) is 14.7. The fourth-order valence-corrected chi connectivity index (χ4v) is 2.63. The first-order chi connectivity index (χ1) is 12.7. The van der Waals surface area contributed by atoms with Crippen LogP contribution in [-0.2, 0) is 11.2 Å². The fourth-order valence-electron chi connectivity index (χ4n) is 2.63. The van der Waals surface area contributed by atoms with Gasteiger partial charge in [0.15, 0.2) is 5.82 Å². The summed E-state index contributed by atoms with van der Waals surface area (Å²) < 4.78 is 10.7. The van der Waals surface area contributed by atoms with Crippen LogP contribution in [0.15, 0.2) is 48.5 Å². The number of aromatic amines is 1. The summed E-state index contributed by atoms with van der Waals surface area (Å²) in [7, 11) is 3.17. The molecule has 8 nitrogen and oxygen atoms in total. The topological polar surface area (TPSA) is 102 Å². The van der Waals surface area contributed by atoms with Gasteiger partial charge >= 0.3 is 0 Å². The number of aromatic nitrogens is 4. The van der Waals surface area contributed by atoms with Gasteiger partial charge in [-0.3, -0.25) is 4.79 Å². The Labute approximate surface area is 150 Å². The van der Waals surface area contributed by atoms with Crippen molar-refractivity contribution in [2.24, 2.45) is 0 Å². The number of nitrogens with zero attached hydrogens (tertiary/aromatic N) is 3. The zero-order valence-electron chi connectivity index (χ0n) is 14.5. The van der Waals surface area contributed by atoms with Gasteiger partial charge in [0.1, 0.15) is 17.4 Å². The van der Waals surface area contributed by atoms with Crippen molar-refractivity contribution in [3.63, 3.8) is 0 Å². The molecule has 0 saturated heterocycles. The number of tetrazole rings is 1. The lowest BCUT2D eigenvalue weighted by Crippen LogP contribution is -2.24. The predicted octanol–water partition coefficient (Wildman–Crippen LogP) is 2.18. The number of para-hydroxylation sites is 1. The second-order valence-electron chi connectivity index (χ2n) is 5.56. The number of nitrogens with one attached hydrogen (secondary N) is 2. The second kappa shape index (κ2) is 8.11. The first-order valence-corrected chi connectivity index (χ1v) is 8.01. The average Bonchev–Trinajstić information content (AvgIpc) is 3.21. The number of hydrogen-bond donors (Lipinski definition) is 2. The van der Waals surface area contributed by atoms with E-state index in [9.17, 15) is 4.79 Å². The molecule has 134 valence electrons. The Morgan fingerprint density at radius 2 is 1.96 bits per heavy atom. The molecule has 2 N–H and O–H groups in total. The molecule has 0 spiro atoms. The summed E-state index contributed by atoms with van der Waals surface area (Å²) in [4.78, 5) is 12.9. The lowest BCUT2D eigenvalue weighted by atomic mass is 9.96. The van der Waals surface area contributed by atoms with Gasteiger partial charge in [-0.15, -0.1) is 10.2 Å². The Morgan fingerprint density at radius 1 is 1.15 bits per heavy atom. The van der Waals surface area contributed by atoms with Gasteiger partial charge in [-0.2, -0.15) is 5.21 Å². The molecule has 0 aliphatic carbocycles. The van der Waals surface area contributed by atoms with Crippen molar-refractivity contribution in [2.45, 2.75) is 12.3 Å².